The Balaban J connectivity index is 1.65. The monoisotopic (exact) mass is 443 g/mol. The number of benzene rings is 1. The first-order valence-corrected chi connectivity index (χ1v) is 11.2. The fraction of sp³-hybridized carbons (Fsp3) is 0.500. The number of methoxy groups -OCH3 is 1. The Kier molecular flexibility index (Phi) is 5.76. The highest BCUT2D eigenvalue weighted by Gasteiger charge is 2.33. The summed E-state index contributed by atoms with van der Waals surface area (Å²) in [7, 11) is 1.66. The molecule has 1 amide bonds. The third-order valence-corrected chi connectivity index (χ3v) is 7.15. The van der Waals surface area contributed by atoms with Crippen LogP contribution in [0.1, 0.15) is 37.8 Å². The number of carbonyl (C=O) groups excluding carboxylic acids is 1. The Hall–Kier alpha value is -2.49. The van der Waals surface area contributed by atoms with E-state index in [-0.39, 0.29) is 17.2 Å². The van der Waals surface area contributed by atoms with E-state index in [0.29, 0.717) is 25.9 Å². The first-order chi connectivity index (χ1) is 14.7. The molecular weight excluding hydrogens is 414 g/mol. The van der Waals surface area contributed by atoms with Crippen molar-refractivity contribution in [2.75, 3.05) is 20.2 Å². The molecule has 0 spiro atoms. The van der Waals surface area contributed by atoms with E-state index in [2.05, 4.69) is 41.7 Å². The second-order valence-electron chi connectivity index (χ2n) is 9.11. The van der Waals surface area contributed by atoms with Gasteiger partial charge in [-0.25, -0.2) is 0 Å². The van der Waals surface area contributed by atoms with Gasteiger partial charge in [0.15, 0.2) is 0 Å². The number of hydrogen-bond acceptors (Lipinski definition) is 7. The number of aromatic nitrogens is 3. The third kappa shape index (κ3) is 4.30. The predicted molar refractivity (Wildman–Crippen MR) is 121 cm³/mol. The number of fused-ring (bicyclic) bond motifs is 1. The van der Waals surface area contributed by atoms with Crippen LogP contribution >= 0.6 is 11.3 Å². The van der Waals surface area contributed by atoms with Crippen molar-refractivity contribution in [2.24, 2.45) is 11.7 Å². The summed E-state index contributed by atoms with van der Waals surface area (Å²) in [5.41, 5.74) is 7.52. The van der Waals surface area contributed by atoms with Gasteiger partial charge in [0.05, 0.1) is 18.5 Å². The van der Waals surface area contributed by atoms with Gasteiger partial charge in [-0.2, -0.15) is 0 Å². The van der Waals surface area contributed by atoms with Gasteiger partial charge >= 0.3 is 0 Å². The molecule has 3 heterocycles. The van der Waals surface area contributed by atoms with E-state index in [4.69, 9.17) is 10.5 Å². The molecule has 1 saturated heterocycles. The fourth-order valence-corrected chi connectivity index (χ4v) is 4.86. The zero-order valence-corrected chi connectivity index (χ0v) is 19.1. The van der Waals surface area contributed by atoms with Gasteiger partial charge in [-0.1, -0.05) is 32.1 Å². The minimum absolute atomic E-state index is 0.0617. The number of hydrogen-bond donors (Lipinski definition) is 2. The lowest BCUT2D eigenvalue weighted by Gasteiger charge is -2.19. The van der Waals surface area contributed by atoms with Crippen LogP contribution in [0.3, 0.4) is 0 Å². The number of rotatable bonds is 6. The molecular formula is C22H29N5O3S. The number of likely N-dealkylation sites (tertiary alicyclic amines) is 1. The third-order valence-electron chi connectivity index (χ3n) is 5.80. The molecule has 0 aliphatic carbocycles. The van der Waals surface area contributed by atoms with Crippen molar-refractivity contribution in [3.8, 4) is 10.9 Å². The van der Waals surface area contributed by atoms with Crippen molar-refractivity contribution in [1.29, 1.82) is 0 Å². The summed E-state index contributed by atoms with van der Waals surface area (Å²) in [4.78, 5) is 13.4. The maximum atomic E-state index is 11.5. The number of ether oxygens (including phenoxy) is 1. The van der Waals surface area contributed by atoms with Crippen LogP contribution in [0.5, 0.6) is 5.75 Å². The van der Waals surface area contributed by atoms with Crippen LogP contribution in [0.15, 0.2) is 24.4 Å². The standard InChI is InChI=1S/C22H29N5O3S/c1-22(2,3)20-24-25-21(31-20)27-12-13(16-10-15(30-4)5-6-17(16)27)7-8-26-11-14(19(23)29)9-18(26)28/h5-6,10,12,14,18,28H,7-9,11H2,1-4H3,(H2,23,29). The van der Waals surface area contributed by atoms with Crippen LogP contribution in [-0.4, -0.2) is 57.1 Å². The molecule has 4 rings (SSSR count). The molecule has 3 aromatic rings. The number of aliphatic hydroxyl groups excluding tert-OH is 1. The van der Waals surface area contributed by atoms with E-state index in [1.807, 2.05) is 23.1 Å². The van der Waals surface area contributed by atoms with Gasteiger partial charge in [0, 0.05) is 30.1 Å². The summed E-state index contributed by atoms with van der Waals surface area (Å²) in [6, 6.07) is 6.00. The number of carbonyl (C=O) groups is 1. The van der Waals surface area contributed by atoms with E-state index in [0.717, 1.165) is 32.4 Å². The van der Waals surface area contributed by atoms with Crippen LogP contribution in [0.4, 0.5) is 0 Å². The summed E-state index contributed by atoms with van der Waals surface area (Å²) < 4.78 is 7.51. The highest BCUT2D eigenvalue weighted by Crippen LogP contribution is 2.33. The first-order valence-electron chi connectivity index (χ1n) is 10.4. The molecule has 0 saturated carbocycles. The molecule has 0 radical (unpaired) electrons. The largest absolute Gasteiger partial charge is 0.497 e. The fourth-order valence-electron chi connectivity index (χ4n) is 3.97. The second-order valence-corrected chi connectivity index (χ2v) is 10.1. The quantitative estimate of drug-likeness (QED) is 0.606. The van der Waals surface area contributed by atoms with E-state index >= 15 is 0 Å². The molecule has 2 aromatic heterocycles. The number of primary amides is 1. The van der Waals surface area contributed by atoms with Crippen molar-refractivity contribution in [2.45, 2.75) is 45.3 Å². The number of aliphatic hydroxyl groups is 1. The molecule has 31 heavy (non-hydrogen) atoms. The topological polar surface area (TPSA) is 106 Å². The molecule has 8 nitrogen and oxygen atoms in total. The van der Waals surface area contributed by atoms with E-state index < -0.39 is 6.23 Å². The lowest BCUT2D eigenvalue weighted by molar-refractivity contribution is -0.121. The molecule has 2 unspecified atom stereocenters. The average Bonchev–Trinajstić information content (AvgIpc) is 3.42. The molecule has 1 aliphatic rings. The molecule has 3 N–H and O–H groups in total. The molecule has 9 heteroatoms. The summed E-state index contributed by atoms with van der Waals surface area (Å²) in [6.45, 7) is 7.50. The van der Waals surface area contributed by atoms with Crippen molar-refractivity contribution in [3.63, 3.8) is 0 Å². The van der Waals surface area contributed by atoms with Gasteiger partial charge < -0.3 is 15.6 Å². The Morgan fingerprint density at radius 2 is 2.13 bits per heavy atom. The van der Waals surface area contributed by atoms with Crippen LogP contribution in [0.2, 0.25) is 0 Å². The Morgan fingerprint density at radius 1 is 1.35 bits per heavy atom. The Morgan fingerprint density at radius 3 is 2.74 bits per heavy atom. The highest BCUT2D eigenvalue weighted by atomic mass is 32.1. The van der Waals surface area contributed by atoms with E-state index in [1.165, 1.54) is 0 Å². The number of nitrogens with zero attached hydrogens (tertiary/aromatic N) is 4. The Labute approximate surface area is 185 Å². The SMILES string of the molecule is COc1ccc2c(c1)c(CCN1CC(C(N)=O)CC1O)cn2-c1nnc(C(C)(C)C)s1. The van der Waals surface area contributed by atoms with Crippen LogP contribution in [0.25, 0.3) is 16.0 Å². The van der Waals surface area contributed by atoms with Gasteiger partial charge in [0.1, 0.15) is 17.0 Å². The minimum Gasteiger partial charge on any atom is -0.497 e. The summed E-state index contributed by atoms with van der Waals surface area (Å²) in [5, 5.41) is 22.0. The molecule has 0 bridgehead atoms. The Bertz CT molecular complexity index is 1100. The molecule has 1 aromatic carbocycles. The van der Waals surface area contributed by atoms with Crippen molar-refractivity contribution >= 4 is 28.1 Å². The van der Waals surface area contributed by atoms with Crippen LogP contribution in [0, 0.1) is 5.92 Å². The van der Waals surface area contributed by atoms with Crippen molar-refractivity contribution < 1.29 is 14.6 Å². The van der Waals surface area contributed by atoms with Gasteiger partial charge in [-0.3, -0.25) is 14.3 Å². The summed E-state index contributed by atoms with van der Waals surface area (Å²) >= 11 is 1.59. The smallest absolute Gasteiger partial charge is 0.221 e. The van der Waals surface area contributed by atoms with Crippen molar-refractivity contribution in [3.05, 3.63) is 35.0 Å². The van der Waals surface area contributed by atoms with Gasteiger partial charge in [0.2, 0.25) is 11.0 Å². The minimum atomic E-state index is -0.641. The van der Waals surface area contributed by atoms with E-state index in [9.17, 15) is 9.90 Å². The van der Waals surface area contributed by atoms with Gasteiger partial charge in [-0.05, 0) is 36.6 Å². The number of amides is 1. The molecule has 1 fully saturated rings. The van der Waals surface area contributed by atoms with Gasteiger partial charge in [0.25, 0.3) is 0 Å². The molecule has 2 atom stereocenters. The maximum absolute atomic E-state index is 11.5. The normalized spacial score (nSPS) is 19.9. The van der Waals surface area contributed by atoms with E-state index in [1.54, 1.807) is 18.4 Å². The lowest BCUT2D eigenvalue weighted by atomic mass is 9.98. The summed E-state index contributed by atoms with van der Waals surface area (Å²) in [6.07, 6.45) is 2.55. The average molecular weight is 444 g/mol. The van der Waals surface area contributed by atoms with Crippen LogP contribution in [-0.2, 0) is 16.6 Å². The maximum Gasteiger partial charge on any atom is 0.221 e. The first kappa shape index (κ1) is 21.7. The summed E-state index contributed by atoms with van der Waals surface area (Å²) in [5.74, 6) is 0.136. The predicted octanol–water partition coefficient (Wildman–Crippen LogP) is 2.46. The zero-order valence-electron chi connectivity index (χ0n) is 18.3. The highest BCUT2D eigenvalue weighted by molar-refractivity contribution is 7.13. The second kappa shape index (κ2) is 8.22. The molecule has 166 valence electrons. The van der Waals surface area contributed by atoms with Crippen LogP contribution < -0.4 is 10.5 Å². The number of nitrogens with two attached hydrogens (primary N) is 1. The van der Waals surface area contributed by atoms with Crippen molar-refractivity contribution in [1.82, 2.24) is 19.7 Å². The zero-order chi connectivity index (χ0) is 22.3. The molecule has 1 aliphatic heterocycles. The van der Waals surface area contributed by atoms with Gasteiger partial charge in [-0.15, -0.1) is 10.2 Å². The lowest BCUT2D eigenvalue weighted by Crippen LogP contribution is -2.32.